The smallest absolute Gasteiger partial charge is 0.229 e. The second-order valence-corrected chi connectivity index (χ2v) is 3.40. The summed E-state index contributed by atoms with van der Waals surface area (Å²) < 4.78 is 1.70. The number of carbonyl (C=O) groups excluding carboxylic acids is 1. The quantitative estimate of drug-likeness (QED) is 0.670. The maximum absolute atomic E-state index is 11.5. The molecule has 0 aliphatic carbocycles. The molecule has 1 amide bonds. The lowest BCUT2D eigenvalue weighted by atomic mass is 10.0. The molecule has 0 bridgehead atoms. The first-order valence-electron chi connectivity index (χ1n) is 4.22. The number of likely N-dealkylation sites (N-methyl/N-ethyl adjacent to an activating group) is 1. The molecule has 1 atom stereocenters. The highest BCUT2D eigenvalue weighted by Crippen LogP contribution is 2.15. The molecular weight excluding hydrogens is 166 g/mol. The maximum Gasteiger partial charge on any atom is 0.229 e. The zero-order chi connectivity index (χ0) is 10.0. The van der Waals surface area contributed by atoms with E-state index in [1.165, 1.54) is 0 Å². The average Bonchev–Trinajstić information content (AvgIpc) is 2.49. The van der Waals surface area contributed by atoms with E-state index in [1.54, 1.807) is 29.9 Å². The molecule has 0 spiro atoms. The summed E-state index contributed by atoms with van der Waals surface area (Å²) in [7, 11) is 5.36. The van der Waals surface area contributed by atoms with E-state index in [2.05, 4.69) is 5.10 Å². The van der Waals surface area contributed by atoms with Crippen LogP contribution >= 0.6 is 0 Å². The molecule has 1 aromatic heterocycles. The second kappa shape index (κ2) is 3.60. The Labute approximate surface area is 78.1 Å². The largest absolute Gasteiger partial charge is 0.348 e. The van der Waals surface area contributed by atoms with Crippen molar-refractivity contribution in [3.05, 3.63) is 18.0 Å². The molecule has 13 heavy (non-hydrogen) atoms. The van der Waals surface area contributed by atoms with E-state index in [0.29, 0.717) is 0 Å². The number of rotatable bonds is 2. The van der Waals surface area contributed by atoms with Gasteiger partial charge in [-0.1, -0.05) is 0 Å². The summed E-state index contributed by atoms with van der Waals surface area (Å²) in [5.41, 5.74) is 0.959. The minimum absolute atomic E-state index is 0.105. The highest BCUT2D eigenvalue weighted by Gasteiger charge is 2.17. The number of aryl methyl sites for hydroxylation is 1. The van der Waals surface area contributed by atoms with Crippen molar-refractivity contribution in [1.29, 1.82) is 0 Å². The van der Waals surface area contributed by atoms with Gasteiger partial charge in [-0.2, -0.15) is 5.10 Å². The van der Waals surface area contributed by atoms with Crippen molar-refractivity contribution < 1.29 is 4.79 Å². The number of carbonyl (C=O) groups is 1. The fourth-order valence-electron chi connectivity index (χ4n) is 1.19. The van der Waals surface area contributed by atoms with Crippen molar-refractivity contribution in [2.45, 2.75) is 12.8 Å². The summed E-state index contributed by atoms with van der Waals surface area (Å²) in [5, 5.41) is 4.03. The van der Waals surface area contributed by atoms with Crippen molar-refractivity contribution in [1.82, 2.24) is 14.7 Å². The molecule has 0 saturated carbocycles. The first-order chi connectivity index (χ1) is 6.02. The number of nitrogens with zero attached hydrogens (tertiary/aromatic N) is 3. The van der Waals surface area contributed by atoms with Crippen molar-refractivity contribution in [2.75, 3.05) is 14.1 Å². The number of aromatic nitrogens is 2. The molecular formula is C9H15N3O. The Hall–Kier alpha value is -1.32. The maximum atomic E-state index is 11.5. The zero-order valence-electron chi connectivity index (χ0n) is 8.48. The van der Waals surface area contributed by atoms with E-state index >= 15 is 0 Å². The molecule has 1 aromatic rings. The lowest BCUT2D eigenvalue weighted by Crippen LogP contribution is -2.26. The van der Waals surface area contributed by atoms with Crippen molar-refractivity contribution in [2.24, 2.45) is 7.05 Å². The van der Waals surface area contributed by atoms with Crippen LogP contribution in [0.4, 0.5) is 0 Å². The summed E-state index contributed by atoms with van der Waals surface area (Å²) in [4.78, 5) is 13.1. The first-order valence-corrected chi connectivity index (χ1v) is 4.22. The molecule has 1 rings (SSSR count). The van der Waals surface area contributed by atoms with E-state index < -0.39 is 0 Å². The summed E-state index contributed by atoms with van der Waals surface area (Å²) in [6.45, 7) is 1.89. The van der Waals surface area contributed by atoms with E-state index in [1.807, 2.05) is 20.2 Å². The van der Waals surface area contributed by atoms with Gasteiger partial charge in [0.15, 0.2) is 0 Å². The first kappa shape index (κ1) is 9.77. The normalized spacial score (nSPS) is 12.6. The zero-order valence-corrected chi connectivity index (χ0v) is 8.48. The lowest BCUT2D eigenvalue weighted by molar-refractivity contribution is -0.129. The van der Waals surface area contributed by atoms with Crippen LogP contribution in [0.1, 0.15) is 18.4 Å². The Morgan fingerprint density at radius 2 is 2.23 bits per heavy atom. The van der Waals surface area contributed by atoms with Crippen LogP contribution in [-0.4, -0.2) is 34.7 Å². The molecule has 0 saturated heterocycles. The molecule has 1 unspecified atom stereocenters. The molecule has 0 aromatic carbocycles. The monoisotopic (exact) mass is 181 g/mol. The van der Waals surface area contributed by atoms with Gasteiger partial charge in [0.2, 0.25) is 5.91 Å². The van der Waals surface area contributed by atoms with Gasteiger partial charge < -0.3 is 4.90 Å². The molecule has 1 heterocycles. The Balaban J connectivity index is 2.79. The van der Waals surface area contributed by atoms with Gasteiger partial charge >= 0.3 is 0 Å². The van der Waals surface area contributed by atoms with Gasteiger partial charge in [-0.05, 0) is 6.92 Å². The Morgan fingerprint density at radius 3 is 2.62 bits per heavy atom. The van der Waals surface area contributed by atoms with Crippen LogP contribution in [0.2, 0.25) is 0 Å². The molecule has 0 aliphatic heterocycles. The SMILES string of the molecule is CC(C(=O)N(C)C)c1cnn(C)c1. The van der Waals surface area contributed by atoms with Crippen molar-refractivity contribution in [3.63, 3.8) is 0 Å². The number of hydrogen-bond donors (Lipinski definition) is 0. The van der Waals surface area contributed by atoms with Gasteiger partial charge in [-0.15, -0.1) is 0 Å². The second-order valence-electron chi connectivity index (χ2n) is 3.40. The third-order valence-electron chi connectivity index (χ3n) is 2.04. The van der Waals surface area contributed by atoms with Crippen molar-refractivity contribution >= 4 is 5.91 Å². The van der Waals surface area contributed by atoms with Crippen LogP contribution in [0.5, 0.6) is 0 Å². The molecule has 4 nitrogen and oxygen atoms in total. The molecule has 72 valence electrons. The Morgan fingerprint density at radius 1 is 1.62 bits per heavy atom. The van der Waals surface area contributed by atoms with E-state index in [-0.39, 0.29) is 11.8 Å². The molecule has 0 N–H and O–H groups in total. The fourth-order valence-corrected chi connectivity index (χ4v) is 1.19. The predicted octanol–water partition coefficient (Wildman–Crippen LogP) is 0.612. The van der Waals surface area contributed by atoms with E-state index in [9.17, 15) is 4.79 Å². The highest BCUT2D eigenvalue weighted by molar-refractivity contribution is 5.82. The van der Waals surface area contributed by atoms with Crippen LogP contribution in [0, 0.1) is 0 Å². The summed E-state index contributed by atoms with van der Waals surface area (Å²) >= 11 is 0. The van der Waals surface area contributed by atoms with Crippen LogP contribution < -0.4 is 0 Å². The van der Waals surface area contributed by atoms with Crippen LogP contribution in [0.15, 0.2) is 12.4 Å². The third-order valence-corrected chi connectivity index (χ3v) is 2.04. The van der Waals surface area contributed by atoms with Crippen LogP contribution in [0.25, 0.3) is 0 Å². The van der Waals surface area contributed by atoms with Gasteiger partial charge in [0, 0.05) is 32.9 Å². The molecule has 4 heteroatoms. The summed E-state index contributed by atoms with van der Waals surface area (Å²) in [6, 6.07) is 0. The Kier molecular flexibility index (Phi) is 2.70. The fraction of sp³-hybridized carbons (Fsp3) is 0.556. The van der Waals surface area contributed by atoms with E-state index in [0.717, 1.165) is 5.56 Å². The van der Waals surface area contributed by atoms with Gasteiger partial charge in [-0.25, -0.2) is 0 Å². The lowest BCUT2D eigenvalue weighted by Gasteiger charge is -2.15. The minimum Gasteiger partial charge on any atom is -0.348 e. The van der Waals surface area contributed by atoms with Crippen LogP contribution in [0.3, 0.4) is 0 Å². The third kappa shape index (κ3) is 2.08. The van der Waals surface area contributed by atoms with Crippen LogP contribution in [-0.2, 0) is 11.8 Å². The topological polar surface area (TPSA) is 38.1 Å². The van der Waals surface area contributed by atoms with Crippen molar-refractivity contribution in [3.8, 4) is 0 Å². The van der Waals surface area contributed by atoms with E-state index in [4.69, 9.17) is 0 Å². The molecule has 0 aliphatic rings. The van der Waals surface area contributed by atoms with Gasteiger partial charge in [-0.3, -0.25) is 9.48 Å². The summed E-state index contributed by atoms with van der Waals surface area (Å²) in [5.74, 6) is -0.00306. The number of hydrogen-bond acceptors (Lipinski definition) is 2. The number of amides is 1. The van der Waals surface area contributed by atoms with Gasteiger partial charge in [0.1, 0.15) is 0 Å². The highest BCUT2D eigenvalue weighted by atomic mass is 16.2. The minimum atomic E-state index is -0.108. The molecule has 0 radical (unpaired) electrons. The van der Waals surface area contributed by atoms with Gasteiger partial charge in [0.05, 0.1) is 12.1 Å². The molecule has 0 fully saturated rings. The predicted molar refractivity (Wildman–Crippen MR) is 50.3 cm³/mol. The standard InChI is InChI=1S/C9H15N3O/c1-7(9(13)11(2)3)8-5-10-12(4)6-8/h5-7H,1-4H3. The average molecular weight is 181 g/mol. The Bertz CT molecular complexity index is 304. The summed E-state index contributed by atoms with van der Waals surface area (Å²) in [6.07, 6.45) is 3.60. The van der Waals surface area contributed by atoms with Gasteiger partial charge in [0.25, 0.3) is 0 Å².